The van der Waals surface area contributed by atoms with Gasteiger partial charge in [-0.1, -0.05) is 23.9 Å². The van der Waals surface area contributed by atoms with Crippen molar-refractivity contribution in [1.29, 1.82) is 0 Å². The van der Waals surface area contributed by atoms with Gasteiger partial charge in [-0.15, -0.1) is 0 Å². The Hall–Kier alpha value is -1.75. The number of amides is 1. The predicted octanol–water partition coefficient (Wildman–Crippen LogP) is 1.97. The molecule has 1 N–H and O–H groups in total. The average molecular weight is 245 g/mol. The number of carbonyl (C=O) groups excluding carboxylic acids is 1. The van der Waals surface area contributed by atoms with Gasteiger partial charge >= 0.3 is 0 Å². The number of carbonyl (C=O) groups is 1. The van der Waals surface area contributed by atoms with Crippen LogP contribution < -0.4 is 5.32 Å². The van der Waals surface area contributed by atoms with Crippen molar-refractivity contribution in [1.82, 2.24) is 4.90 Å². The first-order valence-electron chi connectivity index (χ1n) is 5.38. The molecule has 17 heavy (non-hydrogen) atoms. The number of aliphatic imine (C=N–C) groups is 1. The third-order valence-corrected chi connectivity index (χ3v) is 3.68. The van der Waals surface area contributed by atoms with Crippen molar-refractivity contribution in [2.45, 2.75) is 0 Å². The van der Waals surface area contributed by atoms with E-state index < -0.39 is 0 Å². The number of anilines is 1. The molecule has 0 bridgehead atoms. The fourth-order valence-electron chi connectivity index (χ4n) is 1.95. The van der Waals surface area contributed by atoms with Gasteiger partial charge in [0.2, 0.25) is 6.41 Å². The normalized spacial score (nSPS) is 17.5. The zero-order valence-electron chi connectivity index (χ0n) is 9.09. The van der Waals surface area contributed by atoms with Crippen LogP contribution in [0.2, 0.25) is 0 Å². The lowest BCUT2D eigenvalue weighted by Crippen LogP contribution is -2.19. The van der Waals surface area contributed by atoms with Gasteiger partial charge in [-0.05, 0) is 17.7 Å². The molecule has 0 spiro atoms. The molecule has 0 radical (unpaired) electrons. The van der Waals surface area contributed by atoms with Gasteiger partial charge in [0.05, 0.1) is 12.2 Å². The van der Waals surface area contributed by atoms with Crippen molar-refractivity contribution in [3.8, 4) is 0 Å². The molecule has 0 fully saturated rings. The van der Waals surface area contributed by atoms with Gasteiger partial charge in [-0.2, -0.15) is 0 Å². The molecule has 86 valence electrons. The maximum atomic E-state index is 10.3. The molecule has 4 nitrogen and oxygen atoms in total. The van der Waals surface area contributed by atoms with Crippen LogP contribution in [0.25, 0.3) is 5.70 Å². The Morgan fingerprint density at radius 3 is 2.94 bits per heavy atom. The first kappa shape index (κ1) is 10.4. The van der Waals surface area contributed by atoms with Crippen LogP contribution in [0.3, 0.4) is 0 Å². The quantitative estimate of drug-likeness (QED) is 0.828. The molecule has 0 aromatic heterocycles. The highest BCUT2D eigenvalue weighted by molar-refractivity contribution is 8.16. The summed E-state index contributed by atoms with van der Waals surface area (Å²) in [5, 5.41) is 5.85. The molecule has 2 heterocycles. The molecule has 0 saturated carbocycles. The molecule has 2 aliphatic heterocycles. The summed E-state index contributed by atoms with van der Waals surface area (Å²) in [6, 6.07) is 7.83. The van der Waals surface area contributed by atoms with Crippen LogP contribution in [0.4, 0.5) is 5.69 Å². The third-order valence-electron chi connectivity index (χ3n) is 2.77. The number of fused-ring (bicyclic) bond motifs is 1. The summed E-state index contributed by atoms with van der Waals surface area (Å²) in [4.78, 5) is 17.0. The van der Waals surface area contributed by atoms with E-state index in [1.165, 1.54) is 5.70 Å². The number of nitrogens with zero attached hydrogens (tertiary/aromatic N) is 2. The first-order chi connectivity index (χ1) is 8.38. The lowest BCUT2D eigenvalue weighted by Gasteiger charge is -2.16. The molecule has 2 aliphatic rings. The zero-order chi connectivity index (χ0) is 11.7. The van der Waals surface area contributed by atoms with Crippen molar-refractivity contribution >= 4 is 34.7 Å². The Bertz CT molecular complexity index is 507. The molecule has 0 atom stereocenters. The second-order valence-electron chi connectivity index (χ2n) is 3.78. The molecule has 0 unspecified atom stereocenters. The Labute approximate surface area is 103 Å². The predicted molar refractivity (Wildman–Crippen MR) is 70.7 cm³/mol. The van der Waals surface area contributed by atoms with Crippen molar-refractivity contribution in [3.05, 3.63) is 35.2 Å². The standard InChI is InChI=1S/C12H11N3OS/c16-8-14-10-3-1-9(2-4-10)11-7-17-12-13-5-6-15(11)12/h1-4,7-8H,5-6H2,(H,14,16). The average Bonchev–Trinajstić information content (AvgIpc) is 2.93. The fraction of sp³-hybridized carbons (Fsp3) is 0.167. The molecule has 0 saturated heterocycles. The van der Waals surface area contributed by atoms with Gasteiger partial charge in [0.15, 0.2) is 5.17 Å². The molecule has 1 aromatic rings. The van der Waals surface area contributed by atoms with E-state index in [0.717, 1.165) is 29.5 Å². The Morgan fingerprint density at radius 1 is 1.35 bits per heavy atom. The molecule has 0 aliphatic carbocycles. The summed E-state index contributed by atoms with van der Waals surface area (Å²) in [7, 11) is 0. The van der Waals surface area contributed by atoms with Crippen LogP contribution in [0.1, 0.15) is 5.56 Å². The van der Waals surface area contributed by atoms with Crippen LogP contribution in [0, 0.1) is 0 Å². The maximum absolute atomic E-state index is 10.3. The Balaban J connectivity index is 1.85. The molecule has 1 amide bonds. The minimum Gasteiger partial charge on any atom is -0.329 e. The number of hydrogen-bond donors (Lipinski definition) is 1. The van der Waals surface area contributed by atoms with Crippen LogP contribution in [0.15, 0.2) is 34.7 Å². The van der Waals surface area contributed by atoms with Gasteiger partial charge in [-0.3, -0.25) is 9.79 Å². The zero-order valence-corrected chi connectivity index (χ0v) is 9.91. The number of rotatable bonds is 3. The van der Waals surface area contributed by atoms with E-state index in [9.17, 15) is 4.79 Å². The highest BCUT2D eigenvalue weighted by Crippen LogP contribution is 2.35. The van der Waals surface area contributed by atoms with Gasteiger partial charge in [0.25, 0.3) is 0 Å². The summed E-state index contributed by atoms with van der Waals surface area (Å²) >= 11 is 1.67. The van der Waals surface area contributed by atoms with Crippen molar-refractivity contribution in [3.63, 3.8) is 0 Å². The minimum atomic E-state index is 0.685. The van der Waals surface area contributed by atoms with Crippen molar-refractivity contribution in [2.75, 3.05) is 18.4 Å². The van der Waals surface area contributed by atoms with Gasteiger partial charge in [0.1, 0.15) is 0 Å². The molecule has 1 aromatic carbocycles. The lowest BCUT2D eigenvalue weighted by molar-refractivity contribution is -0.105. The summed E-state index contributed by atoms with van der Waals surface area (Å²) < 4.78 is 0. The largest absolute Gasteiger partial charge is 0.329 e. The summed E-state index contributed by atoms with van der Waals surface area (Å²) in [5.41, 5.74) is 3.16. The van der Waals surface area contributed by atoms with Crippen LogP contribution >= 0.6 is 11.8 Å². The number of amidine groups is 1. The molecule has 3 rings (SSSR count). The number of nitrogens with one attached hydrogen (secondary N) is 1. The summed E-state index contributed by atoms with van der Waals surface area (Å²) in [5.74, 6) is 0. The van der Waals surface area contributed by atoms with Gasteiger partial charge in [-0.25, -0.2) is 0 Å². The monoisotopic (exact) mass is 245 g/mol. The number of thioether (sulfide) groups is 1. The Morgan fingerprint density at radius 2 is 2.18 bits per heavy atom. The first-order valence-corrected chi connectivity index (χ1v) is 6.26. The van der Waals surface area contributed by atoms with E-state index in [0.29, 0.717) is 6.41 Å². The SMILES string of the molecule is O=CNc1ccc(C2=CSC3=NCCN23)cc1. The van der Waals surface area contributed by atoms with E-state index in [2.05, 4.69) is 20.6 Å². The van der Waals surface area contributed by atoms with E-state index in [4.69, 9.17) is 0 Å². The smallest absolute Gasteiger partial charge is 0.211 e. The van der Waals surface area contributed by atoms with E-state index in [1.807, 2.05) is 24.3 Å². The third kappa shape index (κ3) is 1.82. The van der Waals surface area contributed by atoms with Gasteiger partial charge < -0.3 is 10.2 Å². The van der Waals surface area contributed by atoms with E-state index >= 15 is 0 Å². The fourth-order valence-corrected chi connectivity index (χ4v) is 2.92. The van der Waals surface area contributed by atoms with Gasteiger partial charge in [0, 0.05) is 17.6 Å². The van der Waals surface area contributed by atoms with Crippen LogP contribution in [-0.4, -0.2) is 29.6 Å². The van der Waals surface area contributed by atoms with Crippen molar-refractivity contribution in [2.24, 2.45) is 4.99 Å². The van der Waals surface area contributed by atoms with E-state index in [-0.39, 0.29) is 0 Å². The minimum absolute atomic E-state index is 0.685. The number of hydrogen-bond acceptors (Lipinski definition) is 4. The molecule has 5 heteroatoms. The number of benzene rings is 1. The highest BCUT2D eigenvalue weighted by Gasteiger charge is 2.26. The lowest BCUT2D eigenvalue weighted by atomic mass is 10.1. The topological polar surface area (TPSA) is 44.7 Å². The second-order valence-corrected chi connectivity index (χ2v) is 4.61. The Kier molecular flexibility index (Phi) is 2.60. The summed E-state index contributed by atoms with van der Waals surface area (Å²) in [6.45, 7) is 1.84. The summed E-state index contributed by atoms with van der Waals surface area (Å²) in [6.07, 6.45) is 0.685. The highest BCUT2D eigenvalue weighted by atomic mass is 32.2. The second kappa shape index (κ2) is 4.25. The maximum Gasteiger partial charge on any atom is 0.211 e. The van der Waals surface area contributed by atoms with Crippen LogP contribution in [-0.2, 0) is 4.79 Å². The van der Waals surface area contributed by atoms with E-state index in [1.54, 1.807) is 11.8 Å². The molecular weight excluding hydrogens is 234 g/mol. The van der Waals surface area contributed by atoms with Crippen LogP contribution in [0.5, 0.6) is 0 Å². The molecular formula is C12H11N3OS. The van der Waals surface area contributed by atoms with Crippen molar-refractivity contribution < 1.29 is 4.79 Å².